The van der Waals surface area contributed by atoms with E-state index in [9.17, 15) is 19.5 Å². The molecule has 0 aromatic heterocycles. The summed E-state index contributed by atoms with van der Waals surface area (Å²) in [5.74, 6) is 3.20. The molecule has 0 spiro atoms. The third-order valence-corrected chi connectivity index (χ3v) is 6.30. The summed E-state index contributed by atoms with van der Waals surface area (Å²) in [6.45, 7) is 1.70. The standard InChI is InChI=1S/C21H31NO5/c1-2-3-6-15(18(23)24)11-14-21(12-4-5-13-21)20(27)22-17-9-7-16(8-10-17)19(25)26/h15-17H,4-14H2,1H3,(H,22,27)(H,23,24)(H,25,26). The van der Waals surface area contributed by atoms with Crippen molar-refractivity contribution < 1.29 is 24.6 Å². The lowest BCUT2D eigenvalue weighted by Gasteiger charge is -2.33. The quantitative estimate of drug-likeness (QED) is 0.564. The molecule has 6 heteroatoms. The number of rotatable bonds is 8. The normalized spacial score (nSPS) is 25.1. The summed E-state index contributed by atoms with van der Waals surface area (Å²) in [4.78, 5) is 35.6. The Kier molecular flexibility index (Phi) is 7.70. The van der Waals surface area contributed by atoms with Crippen molar-refractivity contribution in [1.29, 1.82) is 0 Å². The number of hydrogen-bond acceptors (Lipinski definition) is 3. The van der Waals surface area contributed by atoms with Gasteiger partial charge in [0.25, 0.3) is 0 Å². The molecule has 0 bridgehead atoms. The molecule has 1 amide bonds. The molecule has 2 aliphatic carbocycles. The molecule has 0 heterocycles. The van der Waals surface area contributed by atoms with E-state index in [0.29, 0.717) is 44.9 Å². The zero-order valence-corrected chi connectivity index (χ0v) is 16.1. The van der Waals surface area contributed by atoms with Gasteiger partial charge in [-0.3, -0.25) is 14.4 Å². The minimum Gasteiger partial charge on any atom is -0.481 e. The lowest BCUT2D eigenvalue weighted by molar-refractivity contribution is -0.144. The van der Waals surface area contributed by atoms with Crippen LogP contribution in [0.5, 0.6) is 0 Å². The molecule has 0 aromatic rings. The van der Waals surface area contributed by atoms with Crippen LogP contribution in [0.25, 0.3) is 0 Å². The number of nitrogens with one attached hydrogen (secondary N) is 1. The van der Waals surface area contributed by atoms with Gasteiger partial charge in [0, 0.05) is 17.9 Å². The number of hydrogen-bond donors (Lipinski definition) is 3. The van der Waals surface area contributed by atoms with Gasteiger partial charge in [-0.1, -0.05) is 12.8 Å². The Morgan fingerprint density at radius 2 is 1.74 bits per heavy atom. The van der Waals surface area contributed by atoms with Gasteiger partial charge in [-0.05, 0) is 58.3 Å². The van der Waals surface area contributed by atoms with Gasteiger partial charge in [0.15, 0.2) is 0 Å². The molecule has 2 aliphatic rings. The summed E-state index contributed by atoms with van der Waals surface area (Å²) < 4.78 is 0. The third kappa shape index (κ3) is 5.72. The first-order valence-corrected chi connectivity index (χ1v) is 10.0. The number of amides is 1. The molecule has 1 unspecified atom stereocenters. The highest BCUT2D eigenvalue weighted by molar-refractivity contribution is 5.83. The molecule has 1 atom stereocenters. The van der Waals surface area contributed by atoms with Crippen LogP contribution < -0.4 is 5.32 Å². The molecular weight excluding hydrogens is 346 g/mol. The van der Waals surface area contributed by atoms with E-state index in [4.69, 9.17) is 5.11 Å². The van der Waals surface area contributed by atoms with Crippen molar-refractivity contribution in [1.82, 2.24) is 5.32 Å². The number of carbonyl (C=O) groups is 3. The van der Waals surface area contributed by atoms with E-state index < -0.39 is 23.3 Å². The molecule has 6 nitrogen and oxygen atoms in total. The van der Waals surface area contributed by atoms with E-state index in [1.807, 2.05) is 0 Å². The summed E-state index contributed by atoms with van der Waals surface area (Å²) in [7, 11) is 0. The van der Waals surface area contributed by atoms with E-state index in [0.717, 1.165) is 25.7 Å². The average Bonchev–Trinajstić information content (AvgIpc) is 3.12. The topological polar surface area (TPSA) is 104 Å². The number of aliphatic carboxylic acids is 2. The Bertz CT molecular complexity index is 604. The molecule has 2 fully saturated rings. The maximum absolute atomic E-state index is 13.0. The van der Waals surface area contributed by atoms with Gasteiger partial charge < -0.3 is 15.5 Å². The van der Waals surface area contributed by atoms with Crippen LogP contribution in [0.2, 0.25) is 0 Å². The van der Waals surface area contributed by atoms with Crippen molar-refractivity contribution in [2.24, 2.45) is 17.3 Å². The average molecular weight is 377 g/mol. The van der Waals surface area contributed by atoms with E-state index >= 15 is 0 Å². The Labute approximate surface area is 161 Å². The molecular formula is C21H31NO5. The van der Waals surface area contributed by atoms with Gasteiger partial charge in [-0.25, -0.2) is 0 Å². The molecule has 150 valence electrons. The van der Waals surface area contributed by atoms with Crippen LogP contribution in [-0.4, -0.2) is 34.1 Å². The highest BCUT2D eigenvalue weighted by Crippen LogP contribution is 2.43. The number of carboxylic acids is 2. The van der Waals surface area contributed by atoms with Gasteiger partial charge in [0.05, 0.1) is 11.8 Å². The zero-order valence-electron chi connectivity index (χ0n) is 16.1. The minimum absolute atomic E-state index is 0.0319. The van der Waals surface area contributed by atoms with Crippen LogP contribution in [0, 0.1) is 29.1 Å². The minimum atomic E-state index is -0.849. The summed E-state index contributed by atoms with van der Waals surface area (Å²) in [6, 6.07) is 0.0341. The summed E-state index contributed by atoms with van der Waals surface area (Å²) in [5.41, 5.74) is -0.475. The maximum atomic E-state index is 13.0. The lowest BCUT2D eigenvalue weighted by Crippen LogP contribution is -2.46. The molecule has 0 saturated heterocycles. The molecule has 3 N–H and O–H groups in total. The maximum Gasteiger partial charge on any atom is 0.307 e. The van der Waals surface area contributed by atoms with Crippen molar-refractivity contribution in [2.45, 2.75) is 83.6 Å². The first-order valence-electron chi connectivity index (χ1n) is 10.0. The van der Waals surface area contributed by atoms with Crippen molar-refractivity contribution in [3.63, 3.8) is 0 Å². The number of carbonyl (C=O) groups excluding carboxylic acids is 1. The zero-order chi connectivity index (χ0) is 19.9. The smallest absolute Gasteiger partial charge is 0.307 e. The van der Waals surface area contributed by atoms with E-state index in [2.05, 4.69) is 17.2 Å². The van der Waals surface area contributed by atoms with E-state index in [1.165, 1.54) is 0 Å². The first kappa shape index (κ1) is 21.3. The molecule has 0 aromatic carbocycles. The predicted octanol–water partition coefficient (Wildman–Crippen LogP) is 3.20. The van der Waals surface area contributed by atoms with Crippen LogP contribution in [-0.2, 0) is 14.4 Å². The highest BCUT2D eigenvalue weighted by atomic mass is 16.4. The van der Waals surface area contributed by atoms with Crippen molar-refractivity contribution >= 4 is 17.8 Å². The summed E-state index contributed by atoms with van der Waals surface area (Å²) in [6.07, 6.45) is 7.54. The van der Waals surface area contributed by atoms with Gasteiger partial charge in [0.1, 0.15) is 0 Å². The van der Waals surface area contributed by atoms with E-state index in [1.54, 1.807) is 6.92 Å². The Hall–Kier alpha value is -2.03. The monoisotopic (exact) mass is 377 g/mol. The third-order valence-electron chi connectivity index (χ3n) is 6.30. The van der Waals surface area contributed by atoms with Gasteiger partial charge in [0.2, 0.25) is 5.91 Å². The highest BCUT2D eigenvalue weighted by Gasteiger charge is 2.42. The molecule has 2 rings (SSSR count). The molecule has 27 heavy (non-hydrogen) atoms. The van der Waals surface area contributed by atoms with Gasteiger partial charge in [-0.2, -0.15) is 0 Å². The fourth-order valence-electron chi connectivity index (χ4n) is 4.45. The SMILES string of the molecule is CC#CCC(CCC1(C(=O)NC2CCC(C(=O)O)CC2)CCCC1)C(=O)O. The molecule has 0 aliphatic heterocycles. The van der Waals surface area contributed by atoms with Crippen LogP contribution in [0.3, 0.4) is 0 Å². The van der Waals surface area contributed by atoms with Gasteiger partial charge in [-0.15, -0.1) is 11.8 Å². The summed E-state index contributed by atoms with van der Waals surface area (Å²) in [5, 5.41) is 21.7. The van der Waals surface area contributed by atoms with Gasteiger partial charge >= 0.3 is 11.9 Å². The Morgan fingerprint density at radius 3 is 2.26 bits per heavy atom. The fraction of sp³-hybridized carbons (Fsp3) is 0.762. The van der Waals surface area contributed by atoms with Crippen LogP contribution in [0.15, 0.2) is 0 Å². The van der Waals surface area contributed by atoms with E-state index in [-0.39, 0.29) is 17.9 Å². The van der Waals surface area contributed by atoms with Crippen molar-refractivity contribution in [2.75, 3.05) is 0 Å². The molecule has 2 saturated carbocycles. The second kappa shape index (κ2) is 9.77. The van der Waals surface area contributed by atoms with Crippen LogP contribution in [0.1, 0.15) is 77.6 Å². The first-order chi connectivity index (χ1) is 12.9. The van der Waals surface area contributed by atoms with Crippen LogP contribution >= 0.6 is 0 Å². The second-order valence-corrected chi connectivity index (χ2v) is 8.05. The summed E-state index contributed by atoms with van der Waals surface area (Å²) >= 11 is 0. The lowest BCUT2D eigenvalue weighted by atomic mass is 9.77. The second-order valence-electron chi connectivity index (χ2n) is 8.05. The van der Waals surface area contributed by atoms with Crippen molar-refractivity contribution in [3.8, 4) is 11.8 Å². The Morgan fingerprint density at radius 1 is 1.11 bits per heavy atom. The Balaban J connectivity index is 1.94. The number of carboxylic acid groups (broad SMARTS) is 2. The largest absolute Gasteiger partial charge is 0.481 e. The van der Waals surface area contributed by atoms with Crippen LogP contribution in [0.4, 0.5) is 0 Å². The fourth-order valence-corrected chi connectivity index (χ4v) is 4.45. The predicted molar refractivity (Wildman–Crippen MR) is 101 cm³/mol. The molecule has 0 radical (unpaired) electrons. The van der Waals surface area contributed by atoms with Crippen molar-refractivity contribution in [3.05, 3.63) is 0 Å².